The van der Waals surface area contributed by atoms with Crippen LogP contribution in [-0.4, -0.2) is 53.8 Å². The number of anilines is 2. The summed E-state index contributed by atoms with van der Waals surface area (Å²) < 4.78 is 0. The Morgan fingerprint density at radius 3 is 2.06 bits per heavy atom. The van der Waals surface area contributed by atoms with Crippen LogP contribution in [-0.2, 0) is 4.79 Å². The number of rotatable bonds is 4. The highest BCUT2D eigenvalue weighted by Gasteiger charge is 2.32. The standard InChI is InChI=1S/C26H32N4O3/c1-19-6-5-15-30(18-19)25(32)21-13-16-29(17-14-21)24(31)20-9-11-23(12-10-20)28-26(33)27-22-7-3-2-4-8-22/h2-4,7-12,19,21H,5-6,13-18H2,1H3,(H2,27,28,33). The van der Waals surface area contributed by atoms with Crippen molar-refractivity contribution >= 4 is 29.2 Å². The quantitative estimate of drug-likeness (QED) is 0.725. The van der Waals surface area contributed by atoms with Gasteiger partial charge in [-0.2, -0.15) is 0 Å². The zero-order valence-electron chi connectivity index (χ0n) is 19.1. The molecule has 0 saturated carbocycles. The zero-order valence-corrected chi connectivity index (χ0v) is 19.1. The van der Waals surface area contributed by atoms with E-state index in [1.54, 1.807) is 24.3 Å². The van der Waals surface area contributed by atoms with Gasteiger partial charge in [0.15, 0.2) is 0 Å². The van der Waals surface area contributed by atoms with Gasteiger partial charge < -0.3 is 20.4 Å². The van der Waals surface area contributed by atoms with Crippen LogP contribution in [0.4, 0.5) is 16.2 Å². The second-order valence-electron chi connectivity index (χ2n) is 9.12. The lowest BCUT2D eigenvalue weighted by Crippen LogP contribution is -2.47. The third-order valence-corrected chi connectivity index (χ3v) is 6.52. The SMILES string of the molecule is CC1CCCN(C(=O)C2CCN(C(=O)c3ccc(NC(=O)Nc4ccccc4)cc3)CC2)C1. The number of urea groups is 1. The van der Waals surface area contributed by atoms with Crippen molar-refractivity contribution in [1.82, 2.24) is 9.80 Å². The average molecular weight is 449 g/mol. The normalized spacial score (nSPS) is 19.1. The summed E-state index contributed by atoms with van der Waals surface area (Å²) in [7, 11) is 0. The monoisotopic (exact) mass is 448 g/mol. The maximum absolute atomic E-state index is 12.9. The van der Waals surface area contributed by atoms with E-state index in [1.807, 2.05) is 40.1 Å². The first kappa shape index (κ1) is 22.8. The summed E-state index contributed by atoms with van der Waals surface area (Å²) in [6, 6.07) is 15.8. The van der Waals surface area contributed by atoms with Crippen LogP contribution in [0.3, 0.4) is 0 Å². The van der Waals surface area contributed by atoms with E-state index in [1.165, 1.54) is 6.42 Å². The molecule has 2 aromatic carbocycles. The topological polar surface area (TPSA) is 81.8 Å². The largest absolute Gasteiger partial charge is 0.342 e. The summed E-state index contributed by atoms with van der Waals surface area (Å²) in [6.45, 7) is 5.13. The van der Waals surface area contributed by atoms with E-state index in [2.05, 4.69) is 17.6 Å². The van der Waals surface area contributed by atoms with Crippen LogP contribution in [0.5, 0.6) is 0 Å². The Bertz CT molecular complexity index is 969. The van der Waals surface area contributed by atoms with E-state index in [4.69, 9.17) is 0 Å². The van der Waals surface area contributed by atoms with Gasteiger partial charge in [-0.25, -0.2) is 4.79 Å². The summed E-state index contributed by atoms with van der Waals surface area (Å²) >= 11 is 0. The van der Waals surface area contributed by atoms with E-state index < -0.39 is 0 Å². The summed E-state index contributed by atoms with van der Waals surface area (Å²) in [5.41, 5.74) is 1.90. The van der Waals surface area contributed by atoms with Crippen LogP contribution in [0.1, 0.15) is 43.0 Å². The number of hydrogen-bond acceptors (Lipinski definition) is 3. The van der Waals surface area contributed by atoms with Crippen molar-refractivity contribution in [3.63, 3.8) is 0 Å². The maximum Gasteiger partial charge on any atom is 0.323 e. The first-order valence-corrected chi connectivity index (χ1v) is 11.8. The number of nitrogens with zero attached hydrogens (tertiary/aromatic N) is 2. The molecule has 2 aromatic rings. The fourth-order valence-electron chi connectivity index (χ4n) is 4.67. The molecular weight excluding hydrogens is 416 g/mol. The van der Waals surface area contributed by atoms with E-state index in [0.29, 0.717) is 35.9 Å². The highest BCUT2D eigenvalue weighted by molar-refractivity contribution is 6.00. The van der Waals surface area contributed by atoms with Crippen LogP contribution < -0.4 is 10.6 Å². The third-order valence-electron chi connectivity index (χ3n) is 6.52. The molecule has 0 aromatic heterocycles. The van der Waals surface area contributed by atoms with E-state index in [-0.39, 0.29) is 23.8 Å². The second-order valence-corrected chi connectivity index (χ2v) is 9.12. The Hall–Kier alpha value is -3.35. The number of likely N-dealkylation sites (tertiary alicyclic amines) is 2. The number of amides is 4. The number of para-hydroxylation sites is 1. The molecule has 1 atom stereocenters. The van der Waals surface area contributed by atoms with E-state index in [0.717, 1.165) is 32.4 Å². The number of benzene rings is 2. The molecule has 0 aliphatic carbocycles. The van der Waals surface area contributed by atoms with Gasteiger partial charge >= 0.3 is 6.03 Å². The van der Waals surface area contributed by atoms with Crippen LogP contribution in [0.25, 0.3) is 0 Å². The lowest BCUT2D eigenvalue weighted by atomic mass is 9.92. The first-order chi connectivity index (χ1) is 16.0. The summed E-state index contributed by atoms with van der Waals surface area (Å²) in [4.78, 5) is 41.8. The molecule has 0 radical (unpaired) electrons. The fraction of sp³-hybridized carbons (Fsp3) is 0.423. The van der Waals surface area contributed by atoms with Crippen LogP contribution >= 0.6 is 0 Å². The molecule has 2 aliphatic rings. The molecule has 1 unspecified atom stereocenters. The Labute approximate surface area is 195 Å². The molecule has 174 valence electrons. The molecule has 0 spiro atoms. The average Bonchev–Trinajstić information content (AvgIpc) is 2.84. The molecule has 7 heteroatoms. The smallest absolute Gasteiger partial charge is 0.323 e. The molecule has 2 N–H and O–H groups in total. The van der Waals surface area contributed by atoms with Crippen molar-refractivity contribution in [2.24, 2.45) is 11.8 Å². The minimum absolute atomic E-state index is 0.0223. The minimum atomic E-state index is -0.338. The molecule has 2 fully saturated rings. The van der Waals surface area contributed by atoms with Gasteiger partial charge in [-0.1, -0.05) is 25.1 Å². The molecule has 33 heavy (non-hydrogen) atoms. The molecule has 2 aliphatic heterocycles. The number of hydrogen-bond donors (Lipinski definition) is 2. The van der Waals surface area contributed by atoms with Gasteiger partial charge in [0, 0.05) is 49.0 Å². The predicted octanol–water partition coefficient (Wildman–Crippen LogP) is 4.44. The molecule has 2 saturated heterocycles. The van der Waals surface area contributed by atoms with Crippen molar-refractivity contribution < 1.29 is 14.4 Å². The van der Waals surface area contributed by atoms with E-state index >= 15 is 0 Å². The molecule has 4 rings (SSSR count). The zero-order chi connectivity index (χ0) is 23.2. The Balaban J connectivity index is 1.26. The fourth-order valence-corrected chi connectivity index (χ4v) is 4.67. The van der Waals surface area contributed by atoms with Crippen LogP contribution in [0.15, 0.2) is 54.6 Å². The van der Waals surface area contributed by atoms with Gasteiger partial charge in [0.1, 0.15) is 0 Å². The minimum Gasteiger partial charge on any atom is -0.342 e. The number of carbonyl (C=O) groups is 3. The molecule has 2 heterocycles. The van der Waals surface area contributed by atoms with Crippen LogP contribution in [0, 0.1) is 11.8 Å². The molecule has 7 nitrogen and oxygen atoms in total. The maximum atomic E-state index is 12.9. The Kier molecular flexibility index (Phi) is 7.27. The van der Waals surface area contributed by atoms with Gasteiger partial charge in [-0.05, 0) is 68.0 Å². The third kappa shape index (κ3) is 5.92. The van der Waals surface area contributed by atoms with Gasteiger partial charge in [0.25, 0.3) is 5.91 Å². The Morgan fingerprint density at radius 2 is 1.42 bits per heavy atom. The second kappa shape index (κ2) is 10.5. The van der Waals surface area contributed by atoms with Gasteiger partial charge in [-0.15, -0.1) is 0 Å². The summed E-state index contributed by atoms with van der Waals surface area (Å²) in [5, 5.41) is 5.53. The number of piperidine rings is 2. The highest BCUT2D eigenvalue weighted by atomic mass is 16.2. The van der Waals surface area contributed by atoms with Gasteiger partial charge in [-0.3, -0.25) is 9.59 Å². The van der Waals surface area contributed by atoms with Crippen molar-refractivity contribution in [3.8, 4) is 0 Å². The van der Waals surface area contributed by atoms with Crippen molar-refractivity contribution in [1.29, 1.82) is 0 Å². The Morgan fingerprint density at radius 1 is 0.788 bits per heavy atom. The van der Waals surface area contributed by atoms with Crippen molar-refractivity contribution in [2.75, 3.05) is 36.8 Å². The number of nitrogens with one attached hydrogen (secondary N) is 2. The van der Waals surface area contributed by atoms with Gasteiger partial charge in [0.05, 0.1) is 0 Å². The highest BCUT2D eigenvalue weighted by Crippen LogP contribution is 2.24. The predicted molar refractivity (Wildman–Crippen MR) is 129 cm³/mol. The number of carbonyl (C=O) groups excluding carboxylic acids is 3. The van der Waals surface area contributed by atoms with Gasteiger partial charge in [0.2, 0.25) is 5.91 Å². The molecule has 4 amide bonds. The summed E-state index contributed by atoms with van der Waals surface area (Å²) in [5.74, 6) is 0.825. The van der Waals surface area contributed by atoms with E-state index in [9.17, 15) is 14.4 Å². The lowest BCUT2D eigenvalue weighted by Gasteiger charge is -2.37. The van der Waals surface area contributed by atoms with Crippen LogP contribution in [0.2, 0.25) is 0 Å². The van der Waals surface area contributed by atoms with Crippen molar-refractivity contribution in [3.05, 3.63) is 60.2 Å². The molecular formula is C26H32N4O3. The summed E-state index contributed by atoms with van der Waals surface area (Å²) in [6.07, 6.45) is 3.72. The lowest BCUT2D eigenvalue weighted by molar-refractivity contribution is -0.138. The first-order valence-electron chi connectivity index (χ1n) is 11.8. The molecule has 0 bridgehead atoms. The van der Waals surface area contributed by atoms with Crippen molar-refractivity contribution in [2.45, 2.75) is 32.6 Å².